The first-order chi connectivity index (χ1) is 11.6. The van der Waals surface area contributed by atoms with Gasteiger partial charge in [-0.3, -0.25) is 0 Å². The molecule has 5 nitrogen and oxygen atoms in total. The Morgan fingerprint density at radius 2 is 1.79 bits per heavy atom. The molecule has 0 saturated carbocycles. The third kappa shape index (κ3) is 2.95. The van der Waals surface area contributed by atoms with Crippen molar-refractivity contribution in [2.75, 3.05) is 5.32 Å². The number of fused-ring (bicyclic) bond motifs is 2. The van der Waals surface area contributed by atoms with Crippen LogP contribution in [-0.2, 0) is 37.0 Å². The summed E-state index contributed by atoms with van der Waals surface area (Å²) >= 11 is -1.59. The maximum atomic E-state index is 12.2. The van der Waals surface area contributed by atoms with Gasteiger partial charge in [-0.05, 0) is 73.8 Å². The first kappa shape index (κ1) is 16.0. The fraction of sp³-hybridized carbons (Fsp3) is 0.444. The molecular formula is C18H22N2O3S. The Kier molecular flexibility index (Phi) is 4.30. The van der Waals surface area contributed by atoms with E-state index in [4.69, 9.17) is 4.42 Å². The minimum atomic E-state index is -1.59. The van der Waals surface area contributed by atoms with Crippen LogP contribution in [0.15, 0.2) is 27.7 Å². The highest BCUT2D eigenvalue weighted by molar-refractivity contribution is 7.89. The molecule has 0 aliphatic heterocycles. The van der Waals surface area contributed by atoms with E-state index in [1.54, 1.807) is 19.1 Å². The molecule has 1 aromatic heterocycles. The normalized spacial score (nSPS) is 18.3. The van der Waals surface area contributed by atoms with Crippen molar-refractivity contribution >= 4 is 17.0 Å². The van der Waals surface area contributed by atoms with Crippen molar-refractivity contribution in [1.82, 2.24) is 4.72 Å². The number of furan rings is 1. The summed E-state index contributed by atoms with van der Waals surface area (Å²) in [6.07, 6.45) is 5.53. The molecule has 1 heterocycles. The highest BCUT2D eigenvalue weighted by Gasteiger charge is 2.26. The number of rotatable bonds is 5. The van der Waals surface area contributed by atoms with Crippen LogP contribution in [0, 0.1) is 6.92 Å². The molecule has 0 bridgehead atoms. The van der Waals surface area contributed by atoms with Crippen LogP contribution in [0.3, 0.4) is 0 Å². The first-order valence-corrected chi connectivity index (χ1v) is 9.62. The molecule has 0 fully saturated rings. The van der Waals surface area contributed by atoms with E-state index in [9.17, 15) is 9.66 Å². The van der Waals surface area contributed by atoms with Gasteiger partial charge in [-0.2, -0.15) is 0 Å². The zero-order valence-corrected chi connectivity index (χ0v) is 14.5. The number of nitrogens with one attached hydrogen (secondary N) is 2. The van der Waals surface area contributed by atoms with Gasteiger partial charge in [0.25, 0.3) is 0 Å². The molecule has 2 aliphatic rings. The molecule has 1 aromatic carbocycles. The molecule has 2 atom stereocenters. The molecule has 3 N–H and O–H groups in total. The van der Waals surface area contributed by atoms with Crippen LogP contribution < -0.4 is 10.0 Å². The van der Waals surface area contributed by atoms with Crippen LogP contribution in [0.25, 0.3) is 0 Å². The summed E-state index contributed by atoms with van der Waals surface area (Å²) in [6, 6.07) is 5.76. The van der Waals surface area contributed by atoms with Gasteiger partial charge in [0.2, 0.25) is 6.35 Å². The second-order valence-electron chi connectivity index (χ2n) is 6.53. The Balaban J connectivity index is 1.53. The summed E-state index contributed by atoms with van der Waals surface area (Å²) in [4.78, 5) is 0. The summed E-state index contributed by atoms with van der Waals surface area (Å²) in [5.74, 6) is 0.696. The van der Waals surface area contributed by atoms with Crippen LogP contribution in [0.1, 0.15) is 40.9 Å². The van der Waals surface area contributed by atoms with E-state index >= 15 is 0 Å². The average molecular weight is 346 g/mol. The van der Waals surface area contributed by atoms with Gasteiger partial charge in [-0.25, -0.2) is 0 Å². The van der Waals surface area contributed by atoms with Crippen LogP contribution in [-0.4, -0.2) is 16.0 Å². The molecule has 0 saturated heterocycles. The summed E-state index contributed by atoms with van der Waals surface area (Å²) in [7, 11) is 0. The molecule has 24 heavy (non-hydrogen) atoms. The highest BCUT2D eigenvalue weighted by atomic mass is 32.2. The summed E-state index contributed by atoms with van der Waals surface area (Å²) in [6.45, 7) is 1.80. The molecule has 128 valence electrons. The van der Waals surface area contributed by atoms with Gasteiger partial charge >= 0.3 is 5.09 Å². The van der Waals surface area contributed by atoms with Crippen molar-refractivity contribution in [3.8, 4) is 0 Å². The van der Waals surface area contributed by atoms with Gasteiger partial charge in [-0.1, -0.05) is 10.8 Å². The van der Waals surface area contributed by atoms with Crippen LogP contribution in [0.2, 0.25) is 0 Å². The van der Waals surface area contributed by atoms with E-state index < -0.39 is 17.7 Å². The molecule has 2 aliphatic carbocycles. The number of aliphatic hydroxyl groups is 1. The Labute approximate surface area is 144 Å². The zero-order valence-electron chi connectivity index (χ0n) is 13.7. The van der Waals surface area contributed by atoms with Crippen molar-refractivity contribution < 1.29 is 14.1 Å². The predicted molar refractivity (Wildman–Crippen MR) is 93.1 cm³/mol. The molecular weight excluding hydrogens is 324 g/mol. The molecule has 0 amide bonds. The minimum absolute atomic E-state index is 0.317. The van der Waals surface area contributed by atoms with Crippen molar-refractivity contribution in [3.63, 3.8) is 0 Å². The number of benzene rings is 1. The van der Waals surface area contributed by atoms with E-state index in [-0.39, 0.29) is 0 Å². The maximum Gasteiger partial charge on any atom is 0.332 e. The Hall–Kier alpha value is -1.47. The van der Waals surface area contributed by atoms with Crippen molar-refractivity contribution in [1.29, 1.82) is 0 Å². The Morgan fingerprint density at radius 3 is 2.38 bits per heavy atom. The minimum Gasteiger partial charge on any atom is -0.590 e. The number of aryl methyl sites for hydroxylation is 3. The SMILES string of the molecule is Cc1ccc([S+]([O-])NC(O)Nc2c3c(cc4c2CCC4)CCC3)o1. The molecule has 0 radical (unpaired) electrons. The van der Waals surface area contributed by atoms with Crippen LogP contribution >= 0.6 is 0 Å². The van der Waals surface area contributed by atoms with Gasteiger partial charge in [-0.15, -0.1) is 0 Å². The lowest BCUT2D eigenvalue weighted by atomic mass is 9.99. The summed E-state index contributed by atoms with van der Waals surface area (Å²) in [5.41, 5.74) is 6.47. The highest BCUT2D eigenvalue weighted by Crippen LogP contribution is 2.38. The van der Waals surface area contributed by atoms with Crippen LogP contribution in [0.5, 0.6) is 0 Å². The largest absolute Gasteiger partial charge is 0.590 e. The number of anilines is 1. The average Bonchev–Trinajstić information content (AvgIpc) is 3.26. The lowest BCUT2D eigenvalue weighted by Gasteiger charge is -2.21. The van der Waals surface area contributed by atoms with E-state index in [1.165, 1.54) is 22.3 Å². The van der Waals surface area contributed by atoms with E-state index in [0.717, 1.165) is 44.2 Å². The molecule has 6 heteroatoms. The van der Waals surface area contributed by atoms with Gasteiger partial charge < -0.3 is 19.4 Å². The zero-order chi connectivity index (χ0) is 16.7. The number of hydrogen-bond acceptors (Lipinski definition) is 5. The fourth-order valence-corrected chi connectivity index (χ4v) is 4.60. The van der Waals surface area contributed by atoms with E-state index in [2.05, 4.69) is 16.1 Å². The smallest absolute Gasteiger partial charge is 0.332 e. The first-order valence-electron chi connectivity index (χ1n) is 8.47. The van der Waals surface area contributed by atoms with Gasteiger partial charge in [0, 0.05) is 11.8 Å². The summed E-state index contributed by atoms with van der Waals surface area (Å²) in [5, 5.41) is 13.8. The Bertz CT molecular complexity index is 727. The van der Waals surface area contributed by atoms with Crippen molar-refractivity contribution in [2.45, 2.75) is 56.9 Å². The quantitative estimate of drug-likeness (QED) is 0.573. The van der Waals surface area contributed by atoms with Gasteiger partial charge in [0.1, 0.15) is 17.1 Å². The van der Waals surface area contributed by atoms with Gasteiger partial charge in [0.15, 0.2) is 0 Å². The Morgan fingerprint density at radius 1 is 1.12 bits per heavy atom. The third-order valence-electron chi connectivity index (χ3n) is 4.87. The maximum absolute atomic E-state index is 12.2. The predicted octanol–water partition coefficient (Wildman–Crippen LogP) is 2.57. The molecule has 0 spiro atoms. The monoisotopic (exact) mass is 346 g/mol. The number of hydrogen-bond donors (Lipinski definition) is 3. The van der Waals surface area contributed by atoms with E-state index in [0.29, 0.717) is 10.9 Å². The molecule has 4 rings (SSSR count). The van der Waals surface area contributed by atoms with E-state index in [1.807, 2.05) is 0 Å². The van der Waals surface area contributed by atoms with Crippen molar-refractivity contribution in [3.05, 3.63) is 46.2 Å². The fourth-order valence-electron chi connectivity index (χ4n) is 3.83. The topological polar surface area (TPSA) is 80.5 Å². The second kappa shape index (κ2) is 6.44. The standard InChI is InChI=1S/C18H22N2O3S/c1-11-8-9-16(23-11)24(22)20-18(21)19-17-14-6-2-4-12(14)10-13-5-3-7-15(13)17/h8-10,18-21H,2-7H2,1H3. The third-order valence-corrected chi connectivity index (χ3v) is 5.89. The molecule has 2 unspecified atom stereocenters. The van der Waals surface area contributed by atoms with Crippen molar-refractivity contribution in [2.24, 2.45) is 0 Å². The second-order valence-corrected chi connectivity index (χ2v) is 7.71. The molecule has 2 aromatic rings. The summed E-state index contributed by atoms with van der Waals surface area (Å²) < 4.78 is 20.2. The number of aliphatic hydroxyl groups excluding tert-OH is 1. The van der Waals surface area contributed by atoms with Crippen LogP contribution in [0.4, 0.5) is 5.69 Å². The van der Waals surface area contributed by atoms with Gasteiger partial charge in [0.05, 0.1) is 0 Å². The lowest BCUT2D eigenvalue weighted by molar-refractivity contribution is 0.191. The lowest BCUT2D eigenvalue weighted by Crippen LogP contribution is -2.40.